The normalized spacial score (nSPS) is 40.3. The van der Waals surface area contributed by atoms with E-state index in [0.29, 0.717) is 19.8 Å². The summed E-state index contributed by atoms with van der Waals surface area (Å²) in [6, 6.07) is 9.98. The van der Waals surface area contributed by atoms with Crippen LogP contribution >= 0.6 is 0 Å². The number of hydrogen-bond donors (Lipinski definition) is 0. The number of ether oxygens (including phenoxy) is 4. The van der Waals surface area contributed by atoms with Gasteiger partial charge in [-0.1, -0.05) is 36.9 Å². The summed E-state index contributed by atoms with van der Waals surface area (Å²) in [5.74, 6) is 0. The van der Waals surface area contributed by atoms with Crippen molar-refractivity contribution >= 4 is 0 Å². The SMILES string of the molecule is [U].c1ccc(C2OCC34COC([CH-]CO3)C4O2)cc1. The first-order valence-corrected chi connectivity index (χ1v) is 6.28. The zero-order valence-corrected chi connectivity index (χ0v) is 14.6. The van der Waals surface area contributed by atoms with Crippen molar-refractivity contribution in [2.24, 2.45) is 0 Å². The molecule has 3 aliphatic rings. The first kappa shape index (κ1) is 14.1. The molecule has 0 N–H and O–H groups in total. The Labute approximate surface area is 136 Å². The molecule has 0 radical (unpaired) electrons. The molecule has 3 saturated heterocycles. The fourth-order valence-electron chi connectivity index (χ4n) is 2.87. The summed E-state index contributed by atoms with van der Waals surface area (Å²) in [6.07, 6.45) is 1.70. The largest absolute Gasteiger partial charge is 0.404 e. The van der Waals surface area contributed by atoms with E-state index in [4.69, 9.17) is 18.9 Å². The van der Waals surface area contributed by atoms with E-state index in [-0.39, 0.29) is 49.6 Å². The molecular weight excluding hydrogens is 470 g/mol. The van der Waals surface area contributed by atoms with Gasteiger partial charge in [0.1, 0.15) is 5.60 Å². The first-order chi connectivity index (χ1) is 8.87. The topological polar surface area (TPSA) is 36.9 Å². The predicted molar refractivity (Wildman–Crippen MR) is 62.7 cm³/mol. The molecule has 4 nitrogen and oxygen atoms in total. The van der Waals surface area contributed by atoms with Crippen LogP contribution in [0.2, 0.25) is 0 Å². The van der Waals surface area contributed by atoms with Crippen LogP contribution in [0.5, 0.6) is 0 Å². The summed E-state index contributed by atoms with van der Waals surface area (Å²) in [7, 11) is 0. The number of hydrogen-bond acceptors (Lipinski definition) is 4. The Bertz CT molecular complexity index is 436. The van der Waals surface area contributed by atoms with Crippen molar-refractivity contribution in [3.05, 3.63) is 42.3 Å². The summed E-state index contributed by atoms with van der Waals surface area (Å²) < 4.78 is 23.4. The van der Waals surface area contributed by atoms with Gasteiger partial charge in [0.05, 0.1) is 19.3 Å². The molecule has 100 valence electrons. The fourth-order valence-corrected chi connectivity index (χ4v) is 2.87. The number of rotatable bonds is 1. The van der Waals surface area contributed by atoms with Gasteiger partial charge in [0, 0.05) is 36.7 Å². The summed E-state index contributed by atoms with van der Waals surface area (Å²) in [5.41, 5.74) is 0.641. The van der Waals surface area contributed by atoms with Crippen molar-refractivity contribution in [2.75, 3.05) is 19.8 Å². The van der Waals surface area contributed by atoms with Gasteiger partial charge >= 0.3 is 0 Å². The van der Waals surface area contributed by atoms with E-state index >= 15 is 0 Å². The van der Waals surface area contributed by atoms with Crippen LogP contribution in [-0.2, 0) is 18.9 Å². The van der Waals surface area contributed by atoms with Crippen molar-refractivity contribution < 1.29 is 50.1 Å². The van der Waals surface area contributed by atoms with Crippen molar-refractivity contribution in [2.45, 2.75) is 24.1 Å². The first-order valence-electron chi connectivity index (χ1n) is 6.28. The molecule has 1 aromatic rings. The molecule has 2 bridgehead atoms. The molecule has 5 heteroatoms. The van der Waals surface area contributed by atoms with Crippen LogP contribution in [0.1, 0.15) is 11.9 Å². The van der Waals surface area contributed by atoms with Crippen molar-refractivity contribution in [1.82, 2.24) is 0 Å². The van der Waals surface area contributed by atoms with Crippen LogP contribution in [0.25, 0.3) is 0 Å². The monoisotopic (exact) mass is 485 g/mol. The maximum Gasteiger partial charge on any atom is 0.184 e. The molecule has 0 spiro atoms. The summed E-state index contributed by atoms with van der Waals surface area (Å²) >= 11 is 0. The Kier molecular flexibility index (Phi) is 4.06. The van der Waals surface area contributed by atoms with E-state index in [9.17, 15) is 0 Å². The molecule has 0 amide bonds. The molecule has 3 fully saturated rings. The van der Waals surface area contributed by atoms with E-state index in [1.165, 1.54) is 0 Å². The van der Waals surface area contributed by atoms with E-state index < -0.39 is 5.60 Å². The molecule has 0 aliphatic carbocycles. The maximum atomic E-state index is 6.05. The van der Waals surface area contributed by atoms with E-state index in [2.05, 4.69) is 0 Å². The molecule has 0 aromatic heterocycles. The maximum absolute atomic E-state index is 6.05. The Morgan fingerprint density at radius 1 is 1.11 bits per heavy atom. The van der Waals surface area contributed by atoms with Gasteiger partial charge in [0.2, 0.25) is 0 Å². The third-order valence-electron chi connectivity index (χ3n) is 3.86. The predicted octanol–water partition coefficient (Wildman–Crippen LogP) is 1.47. The Hall–Kier alpha value is 0.112. The molecule has 19 heavy (non-hydrogen) atoms. The molecule has 4 atom stereocenters. The van der Waals surface area contributed by atoms with Gasteiger partial charge in [-0.05, 0) is 6.10 Å². The van der Waals surface area contributed by atoms with Crippen LogP contribution in [-0.4, -0.2) is 37.6 Å². The van der Waals surface area contributed by atoms with E-state index in [1.807, 2.05) is 36.8 Å². The Morgan fingerprint density at radius 3 is 2.74 bits per heavy atom. The van der Waals surface area contributed by atoms with Gasteiger partial charge < -0.3 is 18.9 Å². The van der Waals surface area contributed by atoms with Crippen LogP contribution < -0.4 is 0 Å². The molecule has 3 heterocycles. The van der Waals surface area contributed by atoms with Gasteiger partial charge in [-0.2, -0.15) is 0 Å². The second kappa shape index (κ2) is 5.48. The van der Waals surface area contributed by atoms with Crippen molar-refractivity contribution in [3.8, 4) is 0 Å². The van der Waals surface area contributed by atoms with Gasteiger partial charge in [-0.25, -0.2) is 0 Å². The van der Waals surface area contributed by atoms with Crippen LogP contribution in [0.4, 0.5) is 0 Å². The van der Waals surface area contributed by atoms with Crippen molar-refractivity contribution in [3.63, 3.8) is 0 Å². The van der Waals surface area contributed by atoms with Gasteiger partial charge in [0.25, 0.3) is 0 Å². The Morgan fingerprint density at radius 2 is 1.89 bits per heavy atom. The van der Waals surface area contributed by atoms with Gasteiger partial charge in [-0.3, -0.25) is 6.42 Å². The molecule has 1 aromatic carbocycles. The Balaban J connectivity index is 0.00000110. The molecule has 4 rings (SSSR count). The fraction of sp³-hybridized carbons (Fsp3) is 0.500. The number of benzene rings is 1. The molecular formula is C14H15O4U-. The summed E-state index contributed by atoms with van der Waals surface area (Å²) in [6.45, 7) is 1.70. The minimum atomic E-state index is -0.398. The smallest absolute Gasteiger partial charge is 0.184 e. The standard InChI is InChI=1S/C14H15O4.U/c1-2-4-10(5-3-1)13-16-9-14-8-15-11(6-7-17-14)12(14)18-13;/h1-6,11-13H,7-9H2;/q-1;. The quantitative estimate of drug-likeness (QED) is 0.565. The van der Waals surface area contributed by atoms with Crippen molar-refractivity contribution in [1.29, 1.82) is 0 Å². The van der Waals surface area contributed by atoms with Gasteiger partial charge in [-0.15, -0.1) is 0 Å². The minimum absolute atomic E-state index is 0. The third kappa shape index (κ3) is 2.31. The minimum Gasteiger partial charge on any atom is -0.404 e. The van der Waals surface area contributed by atoms with Crippen LogP contribution in [0, 0.1) is 37.5 Å². The van der Waals surface area contributed by atoms with Crippen LogP contribution in [0.15, 0.2) is 30.3 Å². The zero-order valence-electron chi connectivity index (χ0n) is 10.5. The van der Waals surface area contributed by atoms with Crippen LogP contribution in [0.3, 0.4) is 0 Å². The second-order valence-corrected chi connectivity index (χ2v) is 5.00. The average molecular weight is 485 g/mol. The summed E-state index contributed by atoms with van der Waals surface area (Å²) in [4.78, 5) is 0. The third-order valence-corrected chi connectivity index (χ3v) is 3.86. The average Bonchev–Trinajstić information content (AvgIpc) is 2.66. The second-order valence-electron chi connectivity index (χ2n) is 5.00. The molecule has 3 aliphatic heterocycles. The zero-order chi connectivity index (χ0) is 12.0. The van der Waals surface area contributed by atoms with Gasteiger partial charge in [0.15, 0.2) is 6.29 Å². The summed E-state index contributed by atoms with van der Waals surface area (Å²) in [5, 5.41) is 0. The molecule has 0 saturated carbocycles. The van der Waals surface area contributed by atoms with E-state index in [0.717, 1.165) is 5.56 Å². The molecule has 4 unspecified atom stereocenters. The van der Waals surface area contributed by atoms with E-state index in [1.54, 1.807) is 0 Å².